The number of alkyl halides is 3. The fraction of sp³-hybridized carbons (Fsp3) is 0.0625. The van der Waals surface area contributed by atoms with Crippen LogP contribution in [0.1, 0.15) is 5.56 Å². The number of nitrogens with two attached hydrogens (primary N) is 1. The lowest BCUT2D eigenvalue weighted by atomic mass is 10.1. The fourth-order valence-corrected chi connectivity index (χ4v) is 2.24. The number of rotatable bonds is 1. The highest BCUT2D eigenvalue weighted by molar-refractivity contribution is 5.84. The van der Waals surface area contributed by atoms with Crippen molar-refractivity contribution in [2.75, 3.05) is 5.73 Å². The first-order chi connectivity index (χ1) is 10.8. The van der Waals surface area contributed by atoms with E-state index < -0.39 is 22.9 Å². The third-order valence-corrected chi connectivity index (χ3v) is 3.34. The van der Waals surface area contributed by atoms with Gasteiger partial charge < -0.3 is 15.3 Å². The Morgan fingerprint density at radius 3 is 2.52 bits per heavy atom. The first-order valence-electron chi connectivity index (χ1n) is 6.50. The van der Waals surface area contributed by atoms with Crippen molar-refractivity contribution in [2.24, 2.45) is 0 Å². The molecule has 0 fully saturated rings. The number of nitrogen functional groups attached to an aromatic ring is 1. The normalized spacial score (nSPS) is 11.8. The highest BCUT2D eigenvalue weighted by atomic mass is 19.4. The topological polar surface area (TPSA) is 76.5 Å². The van der Waals surface area contributed by atoms with Crippen LogP contribution in [0.2, 0.25) is 0 Å². The lowest BCUT2D eigenvalue weighted by molar-refractivity contribution is -0.137. The second kappa shape index (κ2) is 5.05. The van der Waals surface area contributed by atoms with Gasteiger partial charge in [-0.05, 0) is 30.3 Å². The molecule has 0 aliphatic rings. The molecule has 0 aliphatic heterocycles. The molecule has 0 unspecified atom stereocenters. The van der Waals surface area contributed by atoms with Crippen LogP contribution in [0, 0.1) is 0 Å². The van der Waals surface area contributed by atoms with Crippen molar-refractivity contribution in [2.45, 2.75) is 6.18 Å². The van der Waals surface area contributed by atoms with Gasteiger partial charge in [0.1, 0.15) is 5.58 Å². The molecule has 0 amide bonds. The van der Waals surface area contributed by atoms with Crippen LogP contribution in [-0.2, 0) is 6.18 Å². The molecule has 1 heterocycles. The van der Waals surface area contributed by atoms with Gasteiger partial charge in [-0.2, -0.15) is 13.2 Å². The number of benzene rings is 2. The summed E-state index contributed by atoms with van der Waals surface area (Å²) in [6.45, 7) is 0. The predicted octanol–water partition coefficient (Wildman–Crippen LogP) is 3.77. The first-order valence-corrected chi connectivity index (χ1v) is 6.50. The van der Waals surface area contributed by atoms with E-state index in [1.165, 1.54) is 30.3 Å². The van der Waals surface area contributed by atoms with Gasteiger partial charge in [-0.25, -0.2) is 0 Å². The molecule has 0 aliphatic carbocycles. The molecule has 3 aromatic rings. The molecular weight excluding hydrogens is 311 g/mol. The third kappa shape index (κ3) is 2.61. The quantitative estimate of drug-likeness (QED) is 0.669. The van der Waals surface area contributed by atoms with Crippen LogP contribution in [0.25, 0.3) is 22.3 Å². The average molecular weight is 321 g/mol. The summed E-state index contributed by atoms with van der Waals surface area (Å²) in [5.74, 6) is -1.08. The van der Waals surface area contributed by atoms with E-state index in [0.717, 1.165) is 12.1 Å². The van der Waals surface area contributed by atoms with Crippen molar-refractivity contribution in [1.82, 2.24) is 0 Å². The highest BCUT2D eigenvalue weighted by Gasteiger charge is 2.31. The summed E-state index contributed by atoms with van der Waals surface area (Å²) in [7, 11) is 0. The van der Waals surface area contributed by atoms with Gasteiger partial charge in [-0.1, -0.05) is 12.1 Å². The van der Waals surface area contributed by atoms with Crippen LogP contribution in [0.5, 0.6) is 5.75 Å². The molecular formula is C16H10F3NO3. The minimum Gasteiger partial charge on any atom is -0.502 e. The zero-order valence-corrected chi connectivity index (χ0v) is 11.5. The van der Waals surface area contributed by atoms with Gasteiger partial charge in [0.15, 0.2) is 5.76 Å². The minimum atomic E-state index is -4.54. The Hall–Kier alpha value is -2.96. The van der Waals surface area contributed by atoms with Gasteiger partial charge in [-0.15, -0.1) is 0 Å². The molecule has 118 valence electrons. The Balaban J connectivity index is 2.27. The van der Waals surface area contributed by atoms with Crippen LogP contribution in [0.15, 0.2) is 51.7 Å². The van der Waals surface area contributed by atoms with Crippen molar-refractivity contribution in [3.05, 3.63) is 58.3 Å². The summed E-state index contributed by atoms with van der Waals surface area (Å²) >= 11 is 0. The molecule has 0 atom stereocenters. The molecule has 3 rings (SSSR count). The Morgan fingerprint density at radius 1 is 1.09 bits per heavy atom. The largest absolute Gasteiger partial charge is 0.502 e. The summed E-state index contributed by atoms with van der Waals surface area (Å²) in [6, 6.07) is 8.42. The lowest BCUT2D eigenvalue weighted by Crippen LogP contribution is -2.06. The molecule has 0 bridgehead atoms. The zero-order chi connectivity index (χ0) is 16.8. The van der Waals surface area contributed by atoms with E-state index in [2.05, 4.69) is 0 Å². The average Bonchev–Trinajstić information content (AvgIpc) is 2.50. The van der Waals surface area contributed by atoms with Gasteiger partial charge in [0, 0.05) is 11.3 Å². The molecule has 4 nitrogen and oxygen atoms in total. The van der Waals surface area contributed by atoms with Crippen LogP contribution in [0.4, 0.5) is 18.9 Å². The van der Waals surface area contributed by atoms with Gasteiger partial charge in [0.05, 0.1) is 10.9 Å². The third-order valence-electron chi connectivity index (χ3n) is 3.34. The van der Waals surface area contributed by atoms with Crippen molar-refractivity contribution in [3.8, 4) is 17.1 Å². The number of aromatic hydroxyl groups is 1. The molecule has 7 heteroatoms. The second-order valence-corrected chi connectivity index (χ2v) is 4.94. The van der Waals surface area contributed by atoms with Crippen LogP contribution < -0.4 is 11.2 Å². The monoisotopic (exact) mass is 321 g/mol. The molecule has 23 heavy (non-hydrogen) atoms. The van der Waals surface area contributed by atoms with Crippen molar-refractivity contribution in [3.63, 3.8) is 0 Å². The molecule has 0 saturated carbocycles. The minimum absolute atomic E-state index is 0.0480. The predicted molar refractivity (Wildman–Crippen MR) is 79.0 cm³/mol. The molecule has 0 saturated heterocycles. The maximum Gasteiger partial charge on any atom is 0.416 e. The lowest BCUT2D eigenvalue weighted by Gasteiger charge is -2.10. The van der Waals surface area contributed by atoms with Gasteiger partial charge in [0.25, 0.3) is 0 Å². The number of anilines is 1. The summed E-state index contributed by atoms with van der Waals surface area (Å²) in [4.78, 5) is 12.2. The maximum absolute atomic E-state index is 12.8. The van der Waals surface area contributed by atoms with E-state index in [9.17, 15) is 23.1 Å². The van der Waals surface area contributed by atoms with E-state index in [0.29, 0.717) is 5.69 Å². The van der Waals surface area contributed by atoms with E-state index >= 15 is 0 Å². The van der Waals surface area contributed by atoms with E-state index in [1.54, 1.807) is 0 Å². The van der Waals surface area contributed by atoms with Crippen molar-refractivity contribution >= 4 is 16.7 Å². The van der Waals surface area contributed by atoms with E-state index in [-0.39, 0.29) is 22.3 Å². The fourth-order valence-electron chi connectivity index (χ4n) is 2.24. The number of hydrogen-bond donors (Lipinski definition) is 2. The highest BCUT2D eigenvalue weighted by Crippen LogP contribution is 2.35. The van der Waals surface area contributed by atoms with Crippen molar-refractivity contribution in [1.29, 1.82) is 0 Å². The summed E-state index contributed by atoms with van der Waals surface area (Å²) < 4.78 is 43.8. The Bertz CT molecular complexity index is 961. The number of halogens is 3. The zero-order valence-electron chi connectivity index (χ0n) is 11.5. The smallest absolute Gasteiger partial charge is 0.416 e. The number of fused-ring (bicyclic) bond motifs is 1. The SMILES string of the molecule is Nc1ccc2oc(-c3cccc(C(F)(F)F)c3)c(O)c(=O)c2c1. The molecule has 3 N–H and O–H groups in total. The molecule has 0 spiro atoms. The van der Waals surface area contributed by atoms with E-state index in [4.69, 9.17) is 10.2 Å². The molecule has 0 radical (unpaired) electrons. The summed E-state index contributed by atoms with van der Waals surface area (Å²) in [5, 5.41) is 10.1. The summed E-state index contributed by atoms with van der Waals surface area (Å²) in [5.41, 5.74) is 4.28. The maximum atomic E-state index is 12.8. The first kappa shape index (κ1) is 15.0. The molecule has 2 aromatic carbocycles. The Morgan fingerprint density at radius 2 is 1.83 bits per heavy atom. The number of hydrogen-bond acceptors (Lipinski definition) is 4. The standard InChI is InChI=1S/C16H10F3NO3/c17-16(18,19)9-3-1-2-8(6-9)15-14(22)13(21)11-7-10(20)4-5-12(11)23-15/h1-7,22H,20H2. The Kier molecular flexibility index (Phi) is 3.28. The van der Waals surface area contributed by atoms with Crippen molar-refractivity contribution < 1.29 is 22.7 Å². The van der Waals surface area contributed by atoms with E-state index in [1.807, 2.05) is 0 Å². The van der Waals surface area contributed by atoms with Gasteiger partial charge >= 0.3 is 6.18 Å². The van der Waals surface area contributed by atoms with Gasteiger partial charge in [0.2, 0.25) is 11.2 Å². The van der Waals surface area contributed by atoms with Crippen LogP contribution >= 0.6 is 0 Å². The van der Waals surface area contributed by atoms with Crippen LogP contribution in [0.3, 0.4) is 0 Å². The summed E-state index contributed by atoms with van der Waals surface area (Å²) in [6.07, 6.45) is -4.54. The van der Waals surface area contributed by atoms with Gasteiger partial charge in [-0.3, -0.25) is 4.79 Å². The van der Waals surface area contributed by atoms with Crippen LogP contribution in [-0.4, -0.2) is 5.11 Å². The second-order valence-electron chi connectivity index (χ2n) is 4.94. The Labute approximate surface area is 127 Å². The molecule has 1 aromatic heterocycles.